The molecule has 0 atom stereocenters. The minimum absolute atomic E-state index is 0.143. The van der Waals surface area contributed by atoms with Crippen LogP contribution in [0.15, 0.2) is 0 Å². The van der Waals surface area contributed by atoms with Crippen molar-refractivity contribution in [3.8, 4) is 0 Å². The van der Waals surface area contributed by atoms with E-state index in [1.165, 1.54) is 0 Å². The summed E-state index contributed by atoms with van der Waals surface area (Å²) in [5.74, 6) is 0. The molecule has 5 heteroatoms. The van der Waals surface area contributed by atoms with Crippen LogP contribution in [0.5, 0.6) is 0 Å². The number of nitrogens with two attached hydrogens (primary N) is 1. The van der Waals surface area contributed by atoms with E-state index in [1.54, 1.807) is 4.90 Å². The largest absolute Gasteiger partial charge is 0.393 e. The van der Waals surface area contributed by atoms with Gasteiger partial charge in [-0.1, -0.05) is 12.2 Å². The molecule has 0 unspecified atom stereocenters. The van der Waals surface area contributed by atoms with Crippen LogP contribution < -0.4 is 5.73 Å². The predicted octanol–water partition coefficient (Wildman–Crippen LogP) is 0.810. The number of carbonyl (C=O) groups is 1. The zero-order valence-corrected chi connectivity index (χ0v) is 9.85. The van der Waals surface area contributed by atoms with Crippen LogP contribution in [0.25, 0.3) is 0 Å². The Balaban J connectivity index is 1.92. The van der Waals surface area contributed by atoms with Gasteiger partial charge in [0.15, 0.2) is 0 Å². The second-order valence-electron chi connectivity index (χ2n) is 4.77. The Bertz CT molecular complexity index is 301. The number of thiocarbonyl (C=S) groups is 1. The van der Waals surface area contributed by atoms with Gasteiger partial charge < -0.3 is 15.5 Å². The lowest BCUT2D eigenvalue weighted by atomic mass is 10.0. The summed E-state index contributed by atoms with van der Waals surface area (Å²) in [4.78, 5) is 15.9. The van der Waals surface area contributed by atoms with Crippen LogP contribution in [0.2, 0.25) is 0 Å². The molecule has 0 radical (unpaired) electrons. The maximum atomic E-state index is 11.7. The Morgan fingerprint density at radius 2 is 2.20 bits per heavy atom. The molecule has 15 heavy (non-hydrogen) atoms. The Morgan fingerprint density at radius 1 is 1.53 bits per heavy atom. The SMILES string of the molecule is CN1CCN(CC2(CC(N)=S)CC2)C1=O. The van der Waals surface area contributed by atoms with Gasteiger partial charge in [-0.05, 0) is 18.3 Å². The molecule has 1 saturated carbocycles. The molecule has 1 saturated heterocycles. The molecule has 0 spiro atoms. The van der Waals surface area contributed by atoms with E-state index >= 15 is 0 Å². The molecule has 2 amide bonds. The van der Waals surface area contributed by atoms with Gasteiger partial charge in [0.05, 0.1) is 4.99 Å². The molecule has 2 fully saturated rings. The topological polar surface area (TPSA) is 49.6 Å². The molecule has 0 aromatic carbocycles. The molecule has 2 N–H and O–H groups in total. The van der Waals surface area contributed by atoms with Gasteiger partial charge in [0.2, 0.25) is 0 Å². The van der Waals surface area contributed by atoms with E-state index in [0.717, 1.165) is 38.9 Å². The highest BCUT2D eigenvalue weighted by Crippen LogP contribution is 2.49. The van der Waals surface area contributed by atoms with E-state index in [9.17, 15) is 4.79 Å². The Morgan fingerprint density at radius 3 is 2.60 bits per heavy atom. The molecule has 0 aromatic rings. The fraction of sp³-hybridized carbons (Fsp3) is 0.800. The summed E-state index contributed by atoms with van der Waals surface area (Å²) in [6, 6.07) is 0.143. The Hall–Kier alpha value is -0.840. The molecular weight excluding hydrogens is 210 g/mol. The summed E-state index contributed by atoms with van der Waals surface area (Å²) in [6.45, 7) is 2.50. The van der Waals surface area contributed by atoms with Crippen molar-refractivity contribution in [2.45, 2.75) is 19.3 Å². The molecule has 84 valence electrons. The van der Waals surface area contributed by atoms with Crippen LogP contribution in [0, 0.1) is 5.41 Å². The third-order valence-corrected chi connectivity index (χ3v) is 3.48. The second kappa shape index (κ2) is 3.63. The van der Waals surface area contributed by atoms with Crippen molar-refractivity contribution < 1.29 is 4.79 Å². The molecule has 2 rings (SSSR count). The maximum Gasteiger partial charge on any atom is 0.319 e. The lowest BCUT2D eigenvalue weighted by Gasteiger charge is -2.22. The van der Waals surface area contributed by atoms with Gasteiger partial charge in [-0.25, -0.2) is 4.79 Å². The van der Waals surface area contributed by atoms with Gasteiger partial charge in [-0.15, -0.1) is 0 Å². The van der Waals surface area contributed by atoms with Gasteiger partial charge in [0.1, 0.15) is 0 Å². The number of nitrogens with zero attached hydrogens (tertiary/aromatic N) is 2. The lowest BCUT2D eigenvalue weighted by molar-refractivity contribution is 0.189. The van der Waals surface area contributed by atoms with E-state index in [1.807, 2.05) is 11.9 Å². The van der Waals surface area contributed by atoms with Crippen molar-refractivity contribution in [3.63, 3.8) is 0 Å². The number of hydrogen-bond donors (Lipinski definition) is 1. The average molecular weight is 227 g/mol. The van der Waals surface area contributed by atoms with E-state index in [0.29, 0.717) is 4.99 Å². The number of carbonyl (C=O) groups excluding carboxylic acids is 1. The number of likely N-dealkylation sites (N-methyl/N-ethyl adjacent to an activating group) is 1. The van der Waals surface area contributed by atoms with Crippen LogP contribution in [0.1, 0.15) is 19.3 Å². The van der Waals surface area contributed by atoms with Gasteiger partial charge in [0.25, 0.3) is 0 Å². The predicted molar refractivity (Wildman–Crippen MR) is 62.7 cm³/mol. The highest BCUT2D eigenvalue weighted by molar-refractivity contribution is 7.80. The Labute approximate surface area is 95.4 Å². The van der Waals surface area contributed by atoms with E-state index < -0.39 is 0 Å². The monoisotopic (exact) mass is 227 g/mol. The van der Waals surface area contributed by atoms with Crippen molar-refractivity contribution >= 4 is 23.2 Å². The van der Waals surface area contributed by atoms with Gasteiger partial charge in [-0.2, -0.15) is 0 Å². The zero-order chi connectivity index (χ0) is 11.1. The Kier molecular flexibility index (Phi) is 2.58. The van der Waals surface area contributed by atoms with Crippen LogP contribution in [-0.4, -0.2) is 47.5 Å². The first-order valence-corrected chi connectivity index (χ1v) is 5.72. The summed E-state index contributed by atoms with van der Waals surface area (Å²) < 4.78 is 0. The normalized spacial score (nSPS) is 23.4. The summed E-state index contributed by atoms with van der Waals surface area (Å²) in [6.07, 6.45) is 3.09. The number of rotatable bonds is 4. The molecule has 4 nitrogen and oxygen atoms in total. The molecule has 0 aromatic heterocycles. The lowest BCUT2D eigenvalue weighted by Crippen LogP contribution is -2.35. The highest BCUT2D eigenvalue weighted by Gasteiger charge is 2.46. The maximum absolute atomic E-state index is 11.7. The second-order valence-corrected chi connectivity index (χ2v) is 5.29. The van der Waals surface area contributed by atoms with Crippen molar-refractivity contribution in [2.75, 3.05) is 26.7 Å². The highest BCUT2D eigenvalue weighted by atomic mass is 32.1. The van der Waals surface area contributed by atoms with E-state index in [2.05, 4.69) is 0 Å². The molecule has 1 heterocycles. The minimum atomic E-state index is 0.143. The van der Waals surface area contributed by atoms with Crippen molar-refractivity contribution in [1.82, 2.24) is 9.80 Å². The van der Waals surface area contributed by atoms with Crippen molar-refractivity contribution in [3.05, 3.63) is 0 Å². The van der Waals surface area contributed by atoms with Gasteiger partial charge >= 0.3 is 6.03 Å². The summed E-state index contributed by atoms with van der Waals surface area (Å²) in [5.41, 5.74) is 5.79. The molecule has 0 bridgehead atoms. The van der Waals surface area contributed by atoms with Crippen LogP contribution in [0.4, 0.5) is 4.79 Å². The smallest absolute Gasteiger partial charge is 0.319 e. The summed E-state index contributed by atoms with van der Waals surface area (Å²) >= 11 is 4.94. The van der Waals surface area contributed by atoms with Crippen LogP contribution in [-0.2, 0) is 0 Å². The molecule has 2 aliphatic rings. The zero-order valence-electron chi connectivity index (χ0n) is 9.03. The third kappa shape index (κ3) is 2.22. The number of urea groups is 1. The minimum Gasteiger partial charge on any atom is -0.393 e. The van der Waals surface area contributed by atoms with Gasteiger partial charge in [0, 0.05) is 33.1 Å². The molecule has 1 aliphatic carbocycles. The fourth-order valence-electron chi connectivity index (χ4n) is 2.19. The molecular formula is C10H17N3OS. The summed E-state index contributed by atoms with van der Waals surface area (Å²) in [5, 5.41) is 0. The van der Waals surface area contributed by atoms with Gasteiger partial charge in [-0.3, -0.25) is 0 Å². The summed E-state index contributed by atoms with van der Waals surface area (Å²) in [7, 11) is 1.84. The van der Waals surface area contributed by atoms with E-state index in [-0.39, 0.29) is 11.4 Å². The van der Waals surface area contributed by atoms with Crippen molar-refractivity contribution in [1.29, 1.82) is 0 Å². The van der Waals surface area contributed by atoms with Crippen LogP contribution >= 0.6 is 12.2 Å². The first-order valence-electron chi connectivity index (χ1n) is 5.31. The first kappa shape index (κ1) is 10.7. The number of amides is 2. The standard InChI is InChI=1S/C10H17N3OS/c1-12-4-5-13(9(12)14)7-10(2-3-10)6-8(11)15/h2-7H2,1H3,(H2,11,15). The average Bonchev–Trinajstić information content (AvgIpc) is 2.82. The van der Waals surface area contributed by atoms with E-state index in [4.69, 9.17) is 18.0 Å². The number of hydrogen-bond acceptors (Lipinski definition) is 2. The van der Waals surface area contributed by atoms with Crippen LogP contribution in [0.3, 0.4) is 0 Å². The quantitative estimate of drug-likeness (QED) is 0.723. The third-order valence-electron chi connectivity index (χ3n) is 3.34. The van der Waals surface area contributed by atoms with Crippen molar-refractivity contribution in [2.24, 2.45) is 11.1 Å². The molecule has 1 aliphatic heterocycles. The first-order chi connectivity index (χ1) is 7.02. The fourth-order valence-corrected chi connectivity index (χ4v) is 2.50.